The van der Waals surface area contributed by atoms with Gasteiger partial charge in [0.2, 0.25) is 0 Å². The van der Waals surface area contributed by atoms with Gasteiger partial charge in [0.1, 0.15) is 18.1 Å². The predicted octanol–water partition coefficient (Wildman–Crippen LogP) is 3.02. The monoisotopic (exact) mass is 323 g/mol. The van der Waals surface area contributed by atoms with Crippen molar-refractivity contribution in [3.05, 3.63) is 59.7 Å². The molecule has 0 radical (unpaired) electrons. The topological polar surface area (TPSA) is 61.5 Å². The third-order valence-electron chi connectivity index (χ3n) is 3.80. The SMILES string of the molecule is C#CCOc1ccc(C(CN)CC(=O)c2ccc(OC)cc2)cc1. The van der Waals surface area contributed by atoms with E-state index in [1.807, 2.05) is 24.3 Å². The number of ketones is 1. The number of rotatable bonds is 8. The summed E-state index contributed by atoms with van der Waals surface area (Å²) in [5.74, 6) is 3.87. The van der Waals surface area contributed by atoms with E-state index < -0.39 is 0 Å². The van der Waals surface area contributed by atoms with Crippen LogP contribution in [0.15, 0.2) is 48.5 Å². The van der Waals surface area contributed by atoms with Crippen LogP contribution in [-0.2, 0) is 0 Å². The molecule has 0 aliphatic carbocycles. The van der Waals surface area contributed by atoms with Crippen molar-refractivity contribution < 1.29 is 14.3 Å². The van der Waals surface area contributed by atoms with Gasteiger partial charge in [0, 0.05) is 17.9 Å². The van der Waals surface area contributed by atoms with Crippen molar-refractivity contribution in [1.82, 2.24) is 0 Å². The molecule has 4 heteroatoms. The lowest BCUT2D eigenvalue weighted by molar-refractivity contribution is 0.0974. The summed E-state index contributed by atoms with van der Waals surface area (Å²) in [6, 6.07) is 14.6. The van der Waals surface area contributed by atoms with Gasteiger partial charge in [-0.1, -0.05) is 18.1 Å². The summed E-state index contributed by atoms with van der Waals surface area (Å²) in [5.41, 5.74) is 7.53. The fourth-order valence-corrected chi connectivity index (χ4v) is 2.42. The average molecular weight is 323 g/mol. The van der Waals surface area contributed by atoms with E-state index in [2.05, 4.69) is 5.92 Å². The number of hydrogen-bond donors (Lipinski definition) is 1. The summed E-state index contributed by atoms with van der Waals surface area (Å²) in [5, 5.41) is 0. The molecule has 0 saturated carbocycles. The van der Waals surface area contributed by atoms with Crippen LogP contribution in [0.2, 0.25) is 0 Å². The van der Waals surface area contributed by atoms with Crippen molar-refractivity contribution in [2.45, 2.75) is 12.3 Å². The molecule has 1 atom stereocenters. The van der Waals surface area contributed by atoms with Crippen LogP contribution < -0.4 is 15.2 Å². The number of carbonyl (C=O) groups excluding carboxylic acids is 1. The fraction of sp³-hybridized carbons (Fsp3) is 0.250. The van der Waals surface area contributed by atoms with Crippen LogP contribution in [0.1, 0.15) is 28.3 Å². The van der Waals surface area contributed by atoms with E-state index in [-0.39, 0.29) is 18.3 Å². The van der Waals surface area contributed by atoms with Gasteiger partial charge in [0.15, 0.2) is 5.78 Å². The first-order valence-corrected chi connectivity index (χ1v) is 7.71. The van der Waals surface area contributed by atoms with Gasteiger partial charge in [-0.2, -0.15) is 0 Å². The minimum atomic E-state index is -0.0405. The number of ether oxygens (including phenoxy) is 2. The van der Waals surface area contributed by atoms with E-state index in [0.717, 1.165) is 11.3 Å². The standard InChI is InChI=1S/C20H21NO3/c1-3-12-24-19-10-4-15(5-11-19)17(14-21)13-20(22)16-6-8-18(23-2)9-7-16/h1,4-11,17H,12-14,21H2,2H3. The Bertz CT molecular complexity index is 699. The molecule has 1 unspecified atom stereocenters. The molecule has 0 heterocycles. The van der Waals surface area contributed by atoms with Gasteiger partial charge in [0.25, 0.3) is 0 Å². The van der Waals surface area contributed by atoms with Gasteiger partial charge in [-0.15, -0.1) is 6.42 Å². The number of carbonyl (C=O) groups is 1. The van der Waals surface area contributed by atoms with Crippen LogP contribution in [0.3, 0.4) is 0 Å². The summed E-state index contributed by atoms with van der Waals surface area (Å²) in [4.78, 5) is 12.5. The highest BCUT2D eigenvalue weighted by atomic mass is 16.5. The van der Waals surface area contributed by atoms with Crippen LogP contribution >= 0.6 is 0 Å². The molecule has 0 spiro atoms. The minimum absolute atomic E-state index is 0.0405. The van der Waals surface area contributed by atoms with E-state index >= 15 is 0 Å². The van der Waals surface area contributed by atoms with Crippen LogP contribution in [0, 0.1) is 12.3 Å². The molecule has 0 fully saturated rings. The number of benzene rings is 2. The van der Waals surface area contributed by atoms with Crippen LogP contribution in [0.25, 0.3) is 0 Å². The second kappa shape index (κ2) is 8.76. The number of methoxy groups -OCH3 is 1. The summed E-state index contributed by atoms with van der Waals surface area (Å²) in [7, 11) is 1.60. The normalized spacial score (nSPS) is 11.4. The molecule has 4 nitrogen and oxygen atoms in total. The Morgan fingerprint density at radius 1 is 1.12 bits per heavy atom. The zero-order valence-corrected chi connectivity index (χ0v) is 13.7. The van der Waals surface area contributed by atoms with E-state index in [1.54, 1.807) is 31.4 Å². The molecule has 0 bridgehead atoms. The molecule has 0 aromatic heterocycles. The third-order valence-corrected chi connectivity index (χ3v) is 3.80. The third kappa shape index (κ3) is 4.61. The smallest absolute Gasteiger partial charge is 0.163 e. The molecule has 0 saturated heterocycles. The molecular formula is C20H21NO3. The molecule has 124 valence electrons. The van der Waals surface area contributed by atoms with Gasteiger partial charge >= 0.3 is 0 Å². The summed E-state index contributed by atoms with van der Waals surface area (Å²) in [6.45, 7) is 0.627. The lowest BCUT2D eigenvalue weighted by Gasteiger charge is -2.15. The molecule has 2 aromatic carbocycles. The molecule has 2 rings (SSSR count). The number of nitrogens with two attached hydrogens (primary N) is 1. The first kappa shape index (κ1) is 17.6. The summed E-state index contributed by atoms with van der Waals surface area (Å²) < 4.78 is 10.5. The highest BCUT2D eigenvalue weighted by Gasteiger charge is 2.16. The average Bonchev–Trinajstić information content (AvgIpc) is 2.64. The Kier molecular flexibility index (Phi) is 6.41. The Labute approximate surface area is 142 Å². The van der Waals surface area contributed by atoms with Gasteiger partial charge in [0.05, 0.1) is 7.11 Å². The van der Waals surface area contributed by atoms with Crippen molar-refractivity contribution in [3.8, 4) is 23.8 Å². The molecule has 2 aromatic rings. The first-order valence-electron chi connectivity index (χ1n) is 7.71. The first-order chi connectivity index (χ1) is 11.7. The lowest BCUT2D eigenvalue weighted by Crippen LogP contribution is -2.16. The fourth-order valence-electron chi connectivity index (χ4n) is 2.42. The number of hydrogen-bond acceptors (Lipinski definition) is 4. The molecule has 0 amide bonds. The van der Waals surface area contributed by atoms with Crippen molar-refractivity contribution in [3.63, 3.8) is 0 Å². The molecular weight excluding hydrogens is 302 g/mol. The molecule has 24 heavy (non-hydrogen) atoms. The second-order valence-electron chi connectivity index (χ2n) is 5.35. The van der Waals surface area contributed by atoms with Crippen molar-refractivity contribution in [2.24, 2.45) is 5.73 Å². The van der Waals surface area contributed by atoms with Crippen LogP contribution in [0.4, 0.5) is 0 Å². The Balaban J connectivity index is 2.05. The van der Waals surface area contributed by atoms with E-state index in [4.69, 9.17) is 21.6 Å². The summed E-state index contributed by atoms with van der Waals surface area (Å²) >= 11 is 0. The number of terminal acetylenes is 1. The van der Waals surface area contributed by atoms with E-state index in [9.17, 15) is 4.79 Å². The largest absolute Gasteiger partial charge is 0.497 e. The molecule has 0 aliphatic heterocycles. The molecule has 0 aliphatic rings. The highest BCUT2D eigenvalue weighted by molar-refractivity contribution is 5.96. The molecule has 2 N–H and O–H groups in total. The zero-order chi connectivity index (χ0) is 17.4. The highest BCUT2D eigenvalue weighted by Crippen LogP contribution is 2.24. The van der Waals surface area contributed by atoms with Crippen LogP contribution in [0.5, 0.6) is 11.5 Å². The van der Waals surface area contributed by atoms with E-state index in [1.165, 1.54) is 0 Å². The number of Topliss-reactive ketones (excluding diaryl/α,β-unsaturated/α-hetero) is 1. The van der Waals surface area contributed by atoms with Gasteiger partial charge < -0.3 is 15.2 Å². The Morgan fingerprint density at radius 3 is 2.29 bits per heavy atom. The van der Waals surface area contributed by atoms with Crippen molar-refractivity contribution in [1.29, 1.82) is 0 Å². The summed E-state index contributed by atoms with van der Waals surface area (Å²) in [6.07, 6.45) is 5.52. The maximum Gasteiger partial charge on any atom is 0.163 e. The quantitative estimate of drug-likeness (QED) is 0.599. The Morgan fingerprint density at radius 2 is 1.75 bits per heavy atom. The second-order valence-corrected chi connectivity index (χ2v) is 5.35. The van der Waals surface area contributed by atoms with Gasteiger partial charge in [-0.3, -0.25) is 4.79 Å². The maximum absolute atomic E-state index is 12.5. The Hall–Kier alpha value is -2.77. The van der Waals surface area contributed by atoms with Gasteiger partial charge in [-0.25, -0.2) is 0 Å². The van der Waals surface area contributed by atoms with Crippen molar-refractivity contribution >= 4 is 5.78 Å². The van der Waals surface area contributed by atoms with Crippen LogP contribution in [-0.4, -0.2) is 26.0 Å². The van der Waals surface area contributed by atoms with E-state index in [0.29, 0.717) is 24.3 Å². The van der Waals surface area contributed by atoms with Gasteiger partial charge in [-0.05, 0) is 48.5 Å². The zero-order valence-electron chi connectivity index (χ0n) is 13.7. The minimum Gasteiger partial charge on any atom is -0.497 e. The van der Waals surface area contributed by atoms with Crippen molar-refractivity contribution in [2.75, 3.05) is 20.3 Å². The lowest BCUT2D eigenvalue weighted by atomic mass is 9.91. The predicted molar refractivity (Wildman–Crippen MR) is 94.5 cm³/mol. The maximum atomic E-state index is 12.5.